The molecule has 0 spiro atoms. The van der Waals surface area contributed by atoms with Crippen LogP contribution in [0.15, 0.2) is 258 Å². The molecule has 0 amide bonds. The molecular formula is C70H38N2. The number of hydrogen-bond donors (Lipinski definition) is 0. The Morgan fingerprint density at radius 3 is 0.681 bits per heavy atom. The fourth-order valence-corrected chi connectivity index (χ4v) is 7.80. The van der Waals surface area contributed by atoms with Gasteiger partial charge in [-0.2, -0.15) is 10.5 Å². The van der Waals surface area contributed by atoms with Crippen LogP contribution in [-0.4, -0.2) is 0 Å². The van der Waals surface area contributed by atoms with E-state index in [1.54, 1.807) is 48.5 Å². The third-order valence-corrected chi connectivity index (χ3v) is 11.3. The number of nitrogens with zero attached hydrogens (tertiary/aromatic N) is 2. The van der Waals surface area contributed by atoms with Crippen molar-refractivity contribution in [2.24, 2.45) is 0 Å². The largest absolute Gasteiger partial charge is 0.192 e. The van der Waals surface area contributed by atoms with Crippen LogP contribution in [0.3, 0.4) is 0 Å². The van der Waals surface area contributed by atoms with Crippen LogP contribution in [0.25, 0.3) is 16.7 Å². The maximum Gasteiger partial charge on any atom is 0.0993 e. The molecule has 0 bridgehead atoms. The molecule has 1 aliphatic carbocycles. The number of benzene rings is 8. The molecule has 2 heteroatoms. The fraction of sp³-hybridized carbons (Fsp3) is 0. The molecular weight excluding hydrogens is 869 g/mol. The van der Waals surface area contributed by atoms with Crippen molar-refractivity contribution in [1.82, 2.24) is 0 Å². The zero-order chi connectivity index (χ0) is 49.2. The molecule has 0 unspecified atom stereocenters. The summed E-state index contributed by atoms with van der Waals surface area (Å²) < 4.78 is 0. The van der Waals surface area contributed by atoms with Gasteiger partial charge in [-0.15, -0.1) is 0 Å². The normalized spacial score (nSPS) is 11.0. The van der Waals surface area contributed by atoms with Crippen LogP contribution in [0.4, 0.5) is 0 Å². The molecule has 0 fully saturated rings. The Hall–Kier alpha value is -10.9. The second-order valence-electron chi connectivity index (χ2n) is 16.1. The van der Waals surface area contributed by atoms with Gasteiger partial charge in [0.15, 0.2) is 0 Å². The first kappa shape index (κ1) is 46.2. The maximum atomic E-state index is 9.53. The fourth-order valence-electron chi connectivity index (χ4n) is 7.80. The average molecular weight is 907 g/mol. The SMILES string of the molecule is N#Cc1ccc(C#CC(C#Cc2ccc(C#N)cc2)=C2C#CC(=C(c3ccccc3)c3ccccc3)C#CC(=C(c3ccccc3)c3ccccc3)C#CC(=C(c3ccccc3)c3ccccc3)C#C2)cc1. The van der Waals surface area contributed by atoms with Crippen molar-refractivity contribution in [2.75, 3.05) is 0 Å². The molecule has 0 aliphatic heterocycles. The van der Waals surface area contributed by atoms with Gasteiger partial charge in [-0.25, -0.2) is 0 Å². The predicted octanol–water partition coefficient (Wildman–Crippen LogP) is 13.7. The first-order valence-corrected chi connectivity index (χ1v) is 23.1. The Labute approximate surface area is 422 Å². The summed E-state index contributed by atoms with van der Waals surface area (Å²) in [6, 6.07) is 79.4. The Morgan fingerprint density at radius 2 is 0.458 bits per heavy atom. The summed E-state index contributed by atoms with van der Waals surface area (Å²) in [6.45, 7) is 0. The van der Waals surface area contributed by atoms with Gasteiger partial charge < -0.3 is 0 Å². The minimum absolute atomic E-state index is 0.349. The zero-order valence-corrected chi connectivity index (χ0v) is 38.8. The van der Waals surface area contributed by atoms with Gasteiger partial charge >= 0.3 is 0 Å². The van der Waals surface area contributed by atoms with Crippen molar-refractivity contribution in [2.45, 2.75) is 0 Å². The van der Waals surface area contributed by atoms with Gasteiger partial charge in [0, 0.05) is 27.8 Å². The lowest BCUT2D eigenvalue weighted by Crippen LogP contribution is -1.96. The number of allylic oxidation sites excluding steroid dienone is 5. The van der Waals surface area contributed by atoms with Crippen LogP contribution in [-0.2, 0) is 0 Å². The lowest BCUT2D eigenvalue weighted by Gasteiger charge is -2.12. The first-order chi connectivity index (χ1) is 35.6. The maximum absolute atomic E-state index is 9.53. The van der Waals surface area contributed by atoms with E-state index < -0.39 is 0 Å². The smallest absolute Gasteiger partial charge is 0.0993 e. The zero-order valence-electron chi connectivity index (χ0n) is 38.8. The van der Waals surface area contributed by atoms with Crippen LogP contribution in [0.5, 0.6) is 0 Å². The summed E-state index contributed by atoms with van der Waals surface area (Å²) in [5.74, 6) is 41.6. The van der Waals surface area contributed by atoms with Gasteiger partial charge in [-0.3, -0.25) is 0 Å². The van der Waals surface area contributed by atoms with Crippen LogP contribution in [0.2, 0.25) is 0 Å². The highest BCUT2D eigenvalue weighted by Crippen LogP contribution is 2.31. The van der Waals surface area contributed by atoms with Gasteiger partial charge in [0.05, 0.1) is 51.1 Å². The summed E-state index contributed by atoms with van der Waals surface area (Å²) in [4.78, 5) is 0. The van der Waals surface area contributed by atoms with E-state index >= 15 is 0 Å². The van der Waals surface area contributed by atoms with Crippen molar-refractivity contribution < 1.29 is 0 Å². The molecule has 0 N–H and O–H groups in total. The Balaban J connectivity index is 1.45. The third kappa shape index (κ3) is 11.6. The van der Waals surface area contributed by atoms with E-state index in [1.165, 1.54) is 0 Å². The second kappa shape index (κ2) is 23.2. The summed E-state index contributed by atoms with van der Waals surface area (Å²) in [5, 5.41) is 19.1. The molecule has 1 aliphatic rings. The van der Waals surface area contributed by atoms with E-state index in [4.69, 9.17) is 0 Å². The van der Waals surface area contributed by atoms with E-state index in [2.05, 4.69) is 156 Å². The van der Waals surface area contributed by atoms with Crippen molar-refractivity contribution in [3.8, 4) is 83.2 Å². The first-order valence-electron chi connectivity index (χ1n) is 23.1. The average Bonchev–Trinajstić information content (AvgIpc) is 3.45. The molecule has 328 valence electrons. The second-order valence-corrected chi connectivity index (χ2v) is 16.1. The quantitative estimate of drug-likeness (QED) is 0.156. The molecule has 9 rings (SSSR count). The van der Waals surface area contributed by atoms with E-state index in [0.29, 0.717) is 50.1 Å². The van der Waals surface area contributed by atoms with E-state index in [1.807, 2.05) is 109 Å². The molecule has 0 radical (unpaired) electrons. The van der Waals surface area contributed by atoms with Crippen molar-refractivity contribution >= 4 is 16.7 Å². The molecule has 8 aromatic carbocycles. The van der Waals surface area contributed by atoms with E-state index in [0.717, 1.165) is 50.1 Å². The lowest BCUT2D eigenvalue weighted by molar-refractivity contribution is 1.48. The monoisotopic (exact) mass is 906 g/mol. The molecule has 0 atom stereocenters. The number of nitriles is 2. The Kier molecular flexibility index (Phi) is 14.9. The number of hydrogen-bond acceptors (Lipinski definition) is 2. The van der Waals surface area contributed by atoms with E-state index in [-0.39, 0.29) is 0 Å². The highest BCUT2D eigenvalue weighted by atomic mass is 14.2. The predicted molar refractivity (Wildman–Crippen MR) is 291 cm³/mol. The van der Waals surface area contributed by atoms with Gasteiger partial charge in [0.2, 0.25) is 0 Å². The lowest BCUT2D eigenvalue weighted by atomic mass is 9.90. The molecule has 0 heterocycles. The van der Waals surface area contributed by atoms with E-state index in [9.17, 15) is 10.5 Å². The highest BCUT2D eigenvalue weighted by Gasteiger charge is 2.15. The minimum Gasteiger partial charge on any atom is -0.192 e. The summed E-state index contributed by atoms with van der Waals surface area (Å²) in [5.41, 5.74) is 12.9. The molecule has 8 aromatic rings. The molecule has 0 saturated heterocycles. The third-order valence-electron chi connectivity index (χ3n) is 11.3. The van der Waals surface area contributed by atoms with Crippen LogP contribution >= 0.6 is 0 Å². The van der Waals surface area contributed by atoms with Gasteiger partial charge in [0.1, 0.15) is 0 Å². The van der Waals surface area contributed by atoms with Crippen molar-refractivity contribution in [1.29, 1.82) is 10.5 Å². The number of rotatable bonds is 6. The Bertz CT molecular complexity index is 3580. The van der Waals surface area contributed by atoms with Crippen molar-refractivity contribution in [3.63, 3.8) is 0 Å². The van der Waals surface area contributed by atoms with Gasteiger partial charge in [-0.05, 0) is 93.8 Å². The summed E-state index contributed by atoms with van der Waals surface area (Å²) >= 11 is 0. The molecule has 0 saturated carbocycles. The topological polar surface area (TPSA) is 47.6 Å². The molecule has 2 nitrogen and oxygen atoms in total. The highest BCUT2D eigenvalue weighted by molar-refractivity contribution is 5.93. The van der Waals surface area contributed by atoms with Crippen molar-refractivity contribution in [3.05, 3.63) is 314 Å². The summed E-state index contributed by atoms with van der Waals surface area (Å²) in [7, 11) is 0. The standard InChI is InChI=1S/C70H38N2/c71-51-55-35-31-53(32-36-55)39-41-57(42-40-54-33-37-56(52-72)38-34-54)58-43-45-65(68(59-19-7-1-8-20-59)60-21-9-2-10-22-60)47-49-67(70(63-27-15-5-16-28-63)64-29-17-6-18-30-64)50-48-66(46-44-58)69(61-23-11-3-12-24-61)62-25-13-4-14-26-62/h1-38H. The van der Waals surface area contributed by atoms with Crippen LogP contribution in [0.1, 0.15) is 55.6 Å². The summed E-state index contributed by atoms with van der Waals surface area (Å²) in [6.07, 6.45) is 0. The van der Waals surface area contributed by atoms with Gasteiger partial charge in [0.25, 0.3) is 0 Å². The van der Waals surface area contributed by atoms with Gasteiger partial charge in [-0.1, -0.05) is 241 Å². The molecule has 0 aromatic heterocycles. The van der Waals surface area contributed by atoms with Crippen LogP contribution < -0.4 is 0 Å². The molecule has 72 heavy (non-hydrogen) atoms. The Morgan fingerprint density at radius 1 is 0.250 bits per heavy atom. The minimum atomic E-state index is 0.349. The van der Waals surface area contributed by atoms with Crippen LogP contribution in [0, 0.1) is 93.7 Å².